The van der Waals surface area contributed by atoms with Crippen LogP contribution in [0, 0.1) is 0 Å². The number of carbonyl (C=O) groups excluding carboxylic acids is 2. The van der Waals surface area contributed by atoms with E-state index in [1.165, 1.54) is 4.90 Å². The first kappa shape index (κ1) is 22.8. The molecule has 1 fully saturated rings. The Balaban J connectivity index is 1.93. The average Bonchev–Trinajstić information content (AvgIpc) is 2.73. The summed E-state index contributed by atoms with van der Waals surface area (Å²) >= 11 is 0. The molecule has 0 spiro atoms. The van der Waals surface area contributed by atoms with Crippen LogP contribution in [0.2, 0.25) is 0 Å². The predicted octanol–water partition coefficient (Wildman–Crippen LogP) is 1.77. The minimum absolute atomic E-state index is 0.147. The van der Waals surface area contributed by atoms with Gasteiger partial charge in [0.2, 0.25) is 21.8 Å². The fourth-order valence-electron chi connectivity index (χ4n) is 3.63. The van der Waals surface area contributed by atoms with Crippen LogP contribution in [0.15, 0.2) is 54.6 Å². The SMILES string of the molecule is CCOc1ccc(N2C(=O)CN(S(C)(=O)=O)C[C@@]2(C)C(=O)NCc2ccccc2)cc1. The molecule has 3 rings (SSSR count). The molecule has 31 heavy (non-hydrogen) atoms. The van der Waals surface area contributed by atoms with Crippen molar-refractivity contribution in [1.82, 2.24) is 9.62 Å². The van der Waals surface area contributed by atoms with Crippen molar-refractivity contribution >= 4 is 27.5 Å². The van der Waals surface area contributed by atoms with E-state index in [9.17, 15) is 18.0 Å². The average molecular weight is 446 g/mol. The molecule has 2 aromatic carbocycles. The van der Waals surface area contributed by atoms with Gasteiger partial charge in [-0.3, -0.25) is 14.5 Å². The van der Waals surface area contributed by atoms with E-state index < -0.39 is 27.4 Å². The second-order valence-electron chi connectivity index (χ2n) is 7.63. The molecule has 0 aromatic heterocycles. The van der Waals surface area contributed by atoms with Crippen LogP contribution in [-0.4, -0.2) is 56.0 Å². The molecule has 1 saturated heterocycles. The first-order valence-electron chi connectivity index (χ1n) is 9.98. The summed E-state index contributed by atoms with van der Waals surface area (Å²) in [4.78, 5) is 27.8. The van der Waals surface area contributed by atoms with Gasteiger partial charge in [-0.25, -0.2) is 8.42 Å². The number of nitrogens with zero attached hydrogens (tertiary/aromatic N) is 2. The van der Waals surface area contributed by atoms with Gasteiger partial charge in [0.25, 0.3) is 0 Å². The van der Waals surface area contributed by atoms with E-state index >= 15 is 0 Å². The van der Waals surface area contributed by atoms with Gasteiger partial charge in [0, 0.05) is 18.8 Å². The van der Waals surface area contributed by atoms with Gasteiger partial charge in [0.1, 0.15) is 11.3 Å². The second-order valence-corrected chi connectivity index (χ2v) is 9.61. The zero-order chi connectivity index (χ0) is 22.6. The summed E-state index contributed by atoms with van der Waals surface area (Å²) in [7, 11) is -3.66. The number of rotatable bonds is 7. The Morgan fingerprint density at radius 2 is 1.77 bits per heavy atom. The molecule has 2 amide bonds. The molecule has 1 aliphatic heterocycles. The molecule has 1 heterocycles. The highest BCUT2D eigenvalue weighted by molar-refractivity contribution is 7.88. The number of carbonyl (C=O) groups is 2. The number of hydrogen-bond donors (Lipinski definition) is 1. The largest absolute Gasteiger partial charge is 0.494 e. The lowest BCUT2D eigenvalue weighted by atomic mass is 9.94. The first-order chi connectivity index (χ1) is 14.6. The smallest absolute Gasteiger partial charge is 0.247 e. The molecular formula is C22H27N3O5S. The van der Waals surface area contributed by atoms with Gasteiger partial charge in [-0.15, -0.1) is 0 Å². The first-order valence-corrected chi connectivity index (χ1v) is 11.8. The normalized spacial score (nSPS) is 19.8. The fourth-order valence-corrected chi connectivity index (χ4v) is 4.46. The van der Waals surface area contributed by atoms with Crippen molar-refractivity contribution in [2.45, 2.75) is 25.9 Å². The molecule has 0 unspecified atom stereocenters. The summed E-state index contributed by atoms with van der Waals surface area (Å²) < 4.78 is 30.9. The van der Waals surface area contributed by atoms with Crippen molar-refractivity contribution < 1.29 is 22.7 Å². The maximum Gasteiger partial charge on any atom is 0.247 e. The van der Waals surface area contributed by atoms with Crippen LogP contribution in [0.5, 0.6) is 5.75 Å². The number of sulfonamides is 1. The monoisotopic (exact) mass is 445 g/mol. The minimum Gasteiger partial charge on any atom is -0.494 e. The van der Waals surface area contributed by atoms with Crippen molar-refractivity contribution in [1.29, 1.82) is 0 Å². The summed E-state index contributed by atoms with van der Waals surface area (Å²) in [6.45, 7) is 3.75. The number of benzene rings is 2. The Morgan fingerprint density at radius 3 is 2.35 bits per heavy atom. The van der Waals surface area contributed by atoms with Crippen LogP contribution in [0.25, 0.3) is 0 Å². The molecular weight excluding hydrogens is 418 g/mol. The highest BCUT2D eigenvalue weighted by atomic mass is 32.2. The molecule has 0 aliphatic carbocycles. The Morgan fingerprint density at radius 1 is 1.13 bits per heavy atom. The van der Waals surface area contributed by atoms with Gasteiger partial charge in [0.05, 0.1) is 19.4 Å². The van der Waals surface area contributed by atoms with Gasteiger partial charge in [0.15, 0.2) is 0 Å². The second kappa shape index (κ2) is 9.07. The molecule has 1 atom stereocenters. The van der Waals surface area contributed by atoms with E-state index in [1.807, 2.05) is 37.3 Å². The van der Waals surface area contributed by atoms with Crippen LogP contribution in [0.3, 0.4) is 0 Å². The van der Waals surface area contributed by atoms with E-state index in [2.05, 4.69) is 5.32 Å². The number of piperazine rings is 1. The topological polar surface area (TPSA) is 96.0 Å². The fraction of sp³-hybridized carbons (Fsp3) is 0.364. The summed E-state index contributed by atoms with van der Waals surface area (Å²) in [5, 5.41) is 2.85. The molecule has 0 radical (unpaired) electrons. The zero-order valence-corrected chi connectivity index (χ0v) is 18.7. The van der Waals surface area contributed by atoms with Crippen LogP contribution in [0.4, 0.5) is 5.69 Å². The van der Waals surface area contributed by atoms with Crippen molar-refractivity contribution in [3.8, 4) is 5.75 Å². The Hall–Kier alpha value is -2.91. The number of hydrogen-bond acceptors (Lipinski definition) is 5. The molecule has 0 saturated carbocycles. The molecule has 1 aliphatic rings. The summed E-state index contributed by atoms with van der Waals surface area (Å²) in [5.74, 6) is -0.270. The van der Waals surface area contributed by atoms with Crippen molar-refractivity contribution in [2.24, 2.45) is 0 Å². The van der Waals surface area contributed by atoms with Crippen molar-refractivity contribution in [3.63, 3.8) is 0 Å². The number of nitrogens with one attached hydrogen (secondary N) is 1. The van der Waals surface area contributed by atoms with Gasteiger partial charge >= 0.3 is 0 Å². The highest BCUT2D eigenvalue weighted by Crippen LogP contribution is 2.31. The molecule has 1 N–H and O–H groups in total. The molecule has 8 nitrogen and oxygen atoms in total. The lowest BCUT2D eigenvalue weighted by molar-refractivity contribution is -0.133. The predicted molar refractivity (Wildman–Crippen MR) is 118 cm³/mol. The quantitative estimate of drug-likeness (QED) is 0.701. The van der Waals surface area contributed by atoms with Crippen LogP contribution >= 0.6 is 0 Å². The van der Waals surface area contributed by atoms with E-state index in [4.69, 9.17) is 4.74 Å². The number of ether oxygens (including phenoxy) is 1. The maximum atomic E-state index is 13.3. The molecule has 9 heteroatoms. The van der Waals surface area contributed by atoms with Crippen LogP contribution in [-0.2, 0) is 26.2 Å². The van der Waals surface area contributed by atoms with Gasteiger partial charge < -0.3 is 10.1 Å². The highest BCUT2D eigenvalue weighted by Gasteiger charge is 2.50. The Kier molecular flexibility index (Phi) is 6.66. The molecule has 0 bridgehead atoms. The van der Waals surface area contributed by atoms with Crippen LogP contribution < -0.4 is 15.0 Å². The lowest BCUT2D eigenvalue weighted by Gasteiger charge is -2.46. The van der Waals surface area contributed by atoms with Crippen LogP contribution in [0.1, 0.15) is 19.4 Å². The minimum atomic E-state index is -3.66. The summed E-state index contributed by atoms with van der Waals surface area (Å²) in [6, 6.07) is 16.2. The van der Waals surface area contributed by atoms with Crippen molar-refractivity contribution in [3.05, 3.63) is 60.2 Å². The third kappa shape index (κ3) is 5.05. The zero-order valence-electron chi connectivity index (χ0n) is 17.9. The van der Waals surface area contributed by atoms with E-state index in [0.717, 1.165) is 16.1 Å². The third-order valence-electron chi connectivity index (χ3n) is 5.20. The molecule has 2 aromatic rings. The maximum absolute atomic E-state index is 13.3. The van der Waals surface area contributed by atoms with Gasteiger partial charge in [-0.05, 0) is 43.7 Å². The third-order valence-corrected chi connectivity index (χ3v) is 6.40. The van der Waals surface area contributed by atoms with Gasteiger partial charge in [-0.2, -0.15) is 4.31 Å². The Bertz CT molecular complexity index is 1040. The standard InChI is InChI=1S/C22H27N3O5S/c1-4-30-19-12-10-18(11-13-19)25-20(26)15-24(31(3,28)29)16-22(25,2)21(27)23-14-17-8-6-5-7-9-17/h5-13H,4,14-16H2,1-3H3,(H,23,27)/t22-/m0/s1. The van der Waals surface area contributed by atoms with E-state index in [0.29, 0.717) is 18.0 Å². The van der Waals surface area contributed by atoms with Gasteiger partial charge in [-0.1, -0.05) is 30.3 Å². The number of anilines is 1. The Labute approximate surface area is 182 Å². The summed E-state index contributed by atoms with van der Waals surface area (Å²) in [6.07, 6.45) is 1.04. The van der Waals surface area contributed by atoms with Crippen molar-refractivity contribution in [2.75, 3.05) is 30.9 Å². The molecule has 166 valence electrons. The van der Waals surface area contributed by atoms with E-state index in [1.54, 1.807) is 31.2 Å². The summed E-state index contributed by atoms with van der Waals surface area (Å²) in [5.41, 5.74) is -0.0338. The van der Waals surface area contributed by atoms with E-state index in [-0.39, 0.29) is 19.6 Å². The number of amides is 2. The lowest BCUT2D eigenvalue weighted by Crippen LogP contribution is -2.70.